The molecule has 2 aromatic carbocycles. The Bertz CT molecular complexity index is 966. The van der Waals surface area contributed by atoms with Crippen LogP contribution in [-0.2, 0) is 6.42 Å². The summed E-state index contributed by atoms with van der Waals surface area (Å²) in [4.78, 5) is 25.5. The molecule has 1 saturated carbocycles. The van der Waals surface area contributed by atoms with Crippen molar-refractivity contribution in [1.29, 1.82) is 5.26 Å². The van der Waals surface area contributed by atoms with Gasteiger partial charge >= 0.3 is 6.03 Å². The summed E-state index contributed by atoms with van der Waals surface area (Å²) in [7, 11) is 1.49. The molecular formula is C24H28N4O3S. The minimum atomic E-state index is -0.278. The molecule has 0 heterocycles. The fourth-order valence-corrected chi connectivity index (χ4v) is 4.20. The molecule has 0 aromatic heterocycles. The van der Waals surface area contributed by atoms with Crippen LogP contribution in [0.15, 0.2) is 47.4 Å². The van der Waals surface area contributed by atoms with E-state index in [0.717, 1.165) is 23.3 Å². The van der Waals surface area contributed by atoms with E-state index in [1.54, 1.807) is 12.1 Å². The first-order valence-electron chi connectivity index (χ1n) is 10.8. The summed E-state index contributed by atoms with van der Waals surface area (Å²) in [5.41, 5.74) is 1.82. The second-order valence-electron chi connectivity index (χ2n) is 7.69. The molecule has 3 rings (SSSR count). The summed E-state index contributed by atoms with van der Waals surface area (Å²) >= 11 is 1.29. The minimum Gasteiger partial charge on any atom is -0.496 e. The molecule has 3 N–H and O–H groups in total. The van der Waals surface area contributed by atoms with Crippen molar-refractivity contribution in [2.75, 3.05) is 13.7 Å². The molecule has 2 aromatic rings. The van der Waals surface area contributed by atoms with Gasteiger partial charge in [0.1, 0.15) is 5.75 Å². The van der Waals surface area contributed by atoms with E-state index in [1.165, 1.54) is 44.4 Å². The van der Waals surface area contributed by atoms with Gasteiger partial charge in [-0.1, -0.05) is 31.4 Å². The van der Waals surface area contributed by atoms with Crippen LogP contribution in [0.2, 0.25) is 0 Å². The Morgan fingerprint density at radius 1 is 1.12 bits per heavy atom. The fraction of sp³-hybridized carbons (Fsp3) is 0.375. The van der Waals surface area contributed by atoms with Crippen molar-refractivity contribution in [2.45, 2.75) is 49.5 Å². The number of carbonyl (C=O) groups is 2. The molecule has 32 heavy (non-hydrogen) atoms. The number of nitrogens with zero attached hydrogens (tertiary/aromatic N) is 1. The first-order valence-corrected chi connectivity index (χ1v) is 11.6. The first kappa shape index (κ1) is 23.5. The van der Waals surface area contributed by atoms with Crippen LogP contribution in [0, 0.1) is 11.3 Å². The van der Waals surface area contributed by atoms with Gasteiger partial charge in [0, 0.05) is 17.5 Å². The number of nitriles is 1. The number of urea groups is 1. The van der Waals surface area contributed by atoms with Crippen molar-refractivity contribution >= 4 is 23.9 Å². The molecular weight excluding hydrogens is 424 g/mol. The fourth-order valence-electron chi connectivity index (χ4n) is 3.66. The van der Waals surface area contributed by atoms with Crippen molar-refractivity contribution in [1.82, 2.24) is 15.4 Å². The third-order valence-corrected chi connectivity index (χ3v) is 6.19. The number of carbonyl (C=O) groups excluding carboxylic acids is 2. The van der Waals surface area contributed by atoms with E-state index in [0.29, 0.717) is 29.8 Å². The molecule has 0 aliphatic heterocycles. The van der Waals surface area contributed by atoms with Crippen molar-refractivity contribution in [3.63, 3.8) is 0 Å². The average Bonchev–Trinajstić information content (AvgIpc) is 2.83. The van der Waals surface area contributed by atoms with Gasteiger partial charge in [0.15, 0.2) is 0 Å². The Balaban J connectivity index is 1.42. The van der Waals surface area contributed by atoms with Crippen LogP contribution >= 0.6 is 11.9 Å². The Kier molecular flexibility index (Phi) is 8.81. The Morgan fingerprint density at radius 2 is 1.88 bits per heavy atom. The van der Waals surface area contributed by atoms with Gasteiger partial charge < -0.3 is 15.4 Å². The Morgan fingerprint density at radius 3 is 2.56 bits per heavy atom. The van der Waals surface area contributed by atoms with E-state index in [4.69, 9.17) is 10.00 Å². The van der Waals surface area contributed by atoms with Crippen molar-refractivity contribution in [2.24, 2.45) is 0 Å². The van der Waals surface area contributed by atoms with E-state index in [-0.39, 0.29) is 18.0 Å². The summed E-state index contributed by atoms with van der Waals surface area (Å²) < 4.78 is 8.06. The molecule has 0 atom stereocenters. The van der Waals surface area contributed by atoms with Gasteiger partial charge in [0.25, 0.3) is 5.91 Å². The van der Waals surface area contributed by atoms with Crippen LogP contribution in [0.3, 0.4) is 0 Å². The number of amides is 3. The molecule has 0 spiro atoms. The van der Waals surface area contributed by atoms with Crippen molar-refractivity contribution < 1.29 is 14.3 Å². The maximum absolute atomic E-state index is 12.5. The van der Waals surface area contributed by atoms with Gasteiger partial charge in [-0.25, -0.2) is 4.79 Å². The number of hydrogen-bond donors (Lipinski definition) is 3. The lowest BCUT2D eigenvalue weighted by Gasteiger charge is -2.22. The third kappa shape index (κ3) is 6.92. The highest BCUT2D eigenvalue weighted by atomic mass is 32.2. The zero-order valence-electron chi connectivity index (χ0n) is 18.1. The van der Waals surface area contributed by atoms with Crippen LogP contribution in [-0.4, -0.2) is 31.6 Å². The van der Waals surface area contributed by atoms with Gasteiger partial charge in [0.2, 0.25) is 0 Å². The van der Waals surface area contributed by atoms with Crippen LogP contribution in [0.25, 0.3) is 0 Å². The lowest BCUT2D eigenvalue weighted by molar-refractivity contribution is 0.0951. The topological polar surface area (TPSA) is 103 Å². The summed E-state index contributed by atoms with van der Waals surface area (Å²) in [6, 6.07) is 14.8. The number of benzene rings is 2. The lowest BCUT2D eigenvalue weighted by atomic mass is 9.96. The molecule has 7 nitrogen and oxygen atoms in total. The molecule has 1 fully saturated rings. The van der Waals surface area contributed by atoms with Gasteiger partial charge in [-0.05, 0) is 67.1 Å². The summed E-state index contributed by atoms with van der Waals surface area (Å²) in [6.07, 6.45) is 6.39. The zero-order valence-corrected chi connectivity index (χ0v) is 19.0. The van der Waals surface area contributed by atoms with Gasteiger partial charge in [0.05, 0.1) is 24.3 Å². The molecule has 3 amide bonds. The maximum atomic E-state index is 12.5. The molecule has 1 aliphatic carbocycles. The first-order chi connectivity index (χ1) is 15.6. The van der Waals surface area contributed by atoms with E-state index in [9.17, 15) is 9.59 Å². The van der Waals surface area contributed by atoms with Crippen LogP contribution in [0.5, 0.6) is 5.75 Å². The molecule has 168 valence electrons. The van der Waals surface area contributed by atoms with Crippen LogP contribution < -0.4 is 20.1 Å². The van der Waals surface area contributed by atoms with Crippen molar-refractivity contribution in [3.8, 4) is 11.8 Å². The molecule has 0 unspecified atom stereocenters. The number of methoxy groups -OCH3 is 1. The van der Waals surface area contributed by atoms with E-state index >= 15 is 0 Å². The van der Waals surface area contributed by atoms with E-state index < -0.39 is 0 Å². The van der Waals surface area contributed by atoms with Gasteiger partial charge in [-0.3, -0.25) is 9.52 Å². The van der Waals surface area contributed by atoms with E-state index in [2.05, 4.69) is 15.4 Å². The van der Waals surface area contributed by atoms with Crippen molar-refractivity contribution in [3.05, 3.63) is 59.2 Å². The Hall–Kier alpha value is -3.18. The second-order valence-corrected chi connectivity index (χ2v) is 8.57. The smallest absolute Gasteiger partial charge is 0.325 e. The minimum absolute atomic E-state index is 0.149. The monoisotopic (exact) mass is 452 g/mol. The highest BCUT2D eigenvalue weighted by Gasteiger charge is 2.15. The summed E-state index contributed by atoms with van der Waals surface area (Å²) in [5, 5.41) is 14.9. The Labute approximate surface area is 193 Å². The molecule has 0 radical (unpaired) electrons. The normalized spacial score (nSPS) is 13.6. The second kappa shape index (κ2) is 12.0. The highest BCUT2D eigenvalue weighted by molar-refractivity contribution is 7.98. The highest BCUT2D eigenvalue weighted by Crippen LogP contribution is 2.20. The number of hydrogen-bond acceptors (Lipinski definition) is 5. The number of nitrogens with one attached hydrogen (secondary N) is 3. The molecule has 0 bridgehead atoms. The largest absolute Gasteiger partial charge is 0.496 e. The van der Waals surface area contributed by atoms with Gasteiger partial charge in [-0.2, -0.15) is 5.26 Å². The standard InChI is InChI=1S/C24H28N4O3S/c1-31-22-12-9-18(16-25)15-21(22)23(29)26-14-13-17-7-10-20(11-8-17)32-28-24(30)27-19-5-3-2-4-6-19/h7-12,15,19H,2-6,13-14H2,1H3,(H,26,29)(H2,27,28,30). The maximum Gasteiger partial charge on any atom is 0.325 e. The van der Waals surface area contributed by atoms with E-state index in [1.807, 2.05) is 30.3 Å². The molecule has 0 saturated heterocycles. The molecule has 8 heteroatoms. The predicted octanol–water partition coefficient (Wildman–Crippen LogP) is 4.18. The number of ether oxygens (including phenoxy) is 1. The predicted molar refractivity (Wildman–Crippen MR) is 125 cm³/mol. The zero-order chi connectivity index (χ0) is 22.8. The SMILES string of the molecule is COc1ccc(C#N)cc1C(=O)NCCc1ccc(SNC(=O)NC2CCCCC2)cc1. The number of rotatable bonds is 8. The summed E-state index contributed by atoms with van der Waals surface area (Å²) in [6.45, 7) is 0.452. The molecule has 1 aliphatic rings. The van der Waals surface area contributed by atoms with Crippen LogP contribution in [0.4, 0.5) is 4.79 Å². The third-order valence-electron chi connectivity index (χ3n) is 5.40. The average molecular weight is 453 g/mol. The lowest BCUT2D eigenvalue weighted by Crippen LogP contribution is -2.40. The quantitative estimate of drug-likeness (QED) is 0.522. The van der Waals surface area contributed by atoms with Gasteiger partial charge in [-0.15, -0.1) is 0 Å². The van der Waals surface area contributed by atoms with Crippen LogP contribution in [0.1, 0.15) is 53.6 Å². The summed E-state index contributed by atoms with van der Waals surface area (Å²) in [5.74, 6) is 0.155.